The first-order valence-corrected chi connectivity index (χ1v) is 10.2. The Balaban J connectivity index is 2.16. The number of anilines is 1. The summed E-state index contributed by atoms with van der Waals surface area (Å²) in [6, 6.07) is 4.71. The number of nitrogens with zero attached hydrogens (tertiary/aromatic N) is 2. The maximum atomic E-state index is 12.4. The molecule has 0 radical (unpaired) electrons. The number of halogens is 1. The fraction of sp³-hybridized carbons (Fsp3) is 0.562. The molecule has 140 valence electrons. The Bertz CT molecular complexity index is 718. The lowest BCUT2D eigenvalue weighted by molar-refractivity contribution is -0.120. The topological polar surface area (TPSA) is 79.0 Å². The van der Waals surface area contributed by atoms with E-state index >= 15 is 0 Å². The summed E-state index contributed by atoms with van der Waals surface area (Å²) in [6.07, 6.45) is 2.75. The lowest BCUT2D eigenvalue weighted by atomic mass is 10.1. The molecule has 0 saturated carbocycles. The molecule has 1 heterocycles. The minimum absolute atomic E-state index is 0.0615. The molecule has 7 nitrogen and oxygen atoms in total. The first-order valence-electron chi connectivity index (χ1n) is 8.00. The lowest BCUT2D eigenvalue weighted by Gasteiger charge is -2.30. The van der Waals surface area contributed by atoms with E-state index in [0.29, 0.717) is 10.8 Å². The van der Waals surface area contributed by atoms with Crippen LogP contribution < -0.4 is 14.4 Å². The van der Waals surface area contributed by atoms with Crippen molar-refractivity contribution in [1.29, 1.82) is 0 Å². The number of nitrogens with one attached hydrogen (secondary N) is 1. The van der Waals surface area contributed by atoms with Crippen LogP contribution in [0.25, 0.3) is 0 Å². The second kappa shape index (κ2) is 8.25. The molecule has 0 spiro atoms. The van der Waals surface area contributed by atoms with Crippen LogP contribution in [-0.4, -0.2) is 65.3 Å². The summed E-state index contributed by atoms with van der Waals surface area (Å²) in [5.74, 6) is -0.0103. The average molecular weight is 390 g/mol. The zero-order valence-corrected chi connectivity index (χ0v) is 16.2. The molecule has 0 unspecified atom stereocenters. The van der Waals surface area contributed by atoms with Crippen molar-refractivity contribution in [2.75, 3.05) is 44.4 Å². The monoisotopic (exact) mass is 389 g/mol. The first-order chi connectivity index (χ1) is 11.7. The summed E-state index contributed by atoms with van der Waals surface area (Å²) < 4.78 is 30.7. The highest BCUT2D eigenvalue weighted by atomic mass is 35.5. The fourth-order valence-electron chi connectivity index (χ4n) is 2.80. The molecule has 0 bridgehead atoms. The molecule has 0 aliphatic carbocycles. The van der Waals surface area contributed by atoms with Gasteiger partial charge in [-0.1, -0.05) is 11.6 Å². The van der Waals surface area contributed by atoms with E-state index < -0.39 is 10.0 Å². The van der Waals surface area contributed by atoms with Gasteiger partial charge in [-0.25, -0.2) is 8.42 Å². The molecule has 1 amide bonds. The van der Waals surface area contributed by atoms with Crippen LogP contribution in [0.15, 0.2) is 18.2 Å². The van der Waals surface area contributed by atoms with Crippen LogP contribution in [0.3, 0.4) is 0 Å². The van der Waals surface area contributed by atoms with Crippen LogP contribution in [0, 0.1) is 0 Å². The summed E-state index contributed by atoms with van der Waals surface area (Å²) in [5.41, 5.74) is 0.246. The molecule has 0 aromatic heterocycles. The average Bonchev–Trinajstić information content (AvgIpc) is 2.54. The van der Waals surface area contributed by atoms with Crippen molar-refractivity contribution in [3.63, 3.8) is 0 Å². The van der Waals surface area contributed by atoms with Crippen molar-refractivity contribution in [2.45, 2.75) is 18.9 Å². The van der Waals surface area contributed by atoms with E-state index in [1.165, 1.54) is 13.2 Å². The number of amides is 1. The van der Waals surface area contributed by atoms with Gasteiger partial charge in [0.1, 0.15) is 12.3 Å². The van der Waals surface area contributed by atoms with E-state index in [2.05, 4.69) is 10.2 Å². The van der Waals surface area contributed by atoms with E-state index in [0.717, 1.165) is 36.5 Å². The number of benzene rings is 1. The van der Waals surface area contributed by atoms with Gasteiger partial charge >= 0.3 is 0 Å². The number of carbonyl (C=O) groups excluding carboxylic acids is 1. The molecule has 1 aliphatic heterocycles. The highest BCUT2D eigenvalue weighted by molar-refractivity contribution is 7.92. The maximum absolute atomic E-state index is 12.4. The number of carbonyl (C=O) groups is 1. The normalized spacial score (nSPS) is 16.5. The van der Waals surface area contributed by atoms with E-state index in [9.17, 15) is 13.2 Å². The van der Waals surface area contributed by atoms with Gasteiger partial charge in [0.15, 0.2) is 0 Å². The number of likely N-dealkylation sites (tertiary alicyclic amines) is 1. The Hall–Kier alpha value is -1.51. The lowest BCUT2D eigenvalue weighted by Crippen LogP contribution is -2.47. The van der Waals surface area contributed by atoms with Gasteiger partial charge in [0.2, 0.25) is 15.9 Å². The SMILES string of the molecule is COc1ccc(Cl)cc1N(CC(=O)NC1CCN(C)CC1)S(C)(=O)=O. The third kappa shape index (κ3) is 5.49. The van der Waals surface area contributed by atoms with E-state index in [4.69, 9.17) is 16.3 Å². The third-order valence-corrected chi connectivity index (χ3v) is 5.54. The fourth-order valence-corrected chi connectivity index (χ4v) is 3.81. The molecule has 25 heavy (non-hydrogen) atoms. The molecule has 2 rings (SSSR count). The highest BCUT2D eigenvalue weighted by Gasteiger charge is 2.26. The van der Waals surface area contributed by atoms with E-state index in [-0.39, 0.29) is 24.2 Å². The standard InChI is InChI=1S/C16H24ClN3O4S/c1-19-8-6-13(7-9-19)18-16(21)11-20(25(3,22)23)14-10-12(17)4-5-15(14)24-2/h4-5,10,13H,6-9,11H2,1-3H3,(H,18,21). The number of hydrogen-bond donors (Lipinski definition) is 1. The number of ether oxygens (including phenoxy) is 1. The quantitative estimate of drug-likeness (QED) is 0.793. The van der Waals surface area contributed by atoms with Crippen LogP contribution in [0.1, 0.15) is 12.8 Å². The van der Waals surface area contributed by atoms with Crippen LogP contribution in [0.4, 0.5) is 5.69 Å². The molecule has 0 atom stereocenters. The number of methoxy groups -OCH3 is 1. The summed E-state index contributed by atoms with van der Waals surface area (Å²) in [6.45, 7) is 1.49. The zero-order chi connectivity index (χ0) is 18.6. The Morgan fingerprint density at radius 3 is 2.60 bits per heavy atom. The zero-order valence-electron chi connectivity index (χ0n) is 14.7. The van der Waals surface area contributed by atoms with Crippen LogP contribution in [0.5, 0.6) is 5.75 Å². The summed E-state index contributed by atoms with van der Waals surface area (Å²) in [7, 11) is -0.213. The first kappa shape index (κ1) is 19.8. The van der Waals surface area contributed by atoms with Gasteiger partial charge in [-0.2, -0.15) is 0 Å². The Labute approximate surface area is 153 Å². The third-order valence-electron chi connectivity index (χ3n) is 4.18. The Morgan fingerprint density at radius 2 is 2.04 bits per heavy atom. The smallest absolute Gasteiger partial charge is 0.241 e. The number of sulfonamides is 1. The van der Waals surface area contributed by atoms with Crippen molar-refractivity contribution in [3.8, 4) is 5.75 Å². The van der Waals surface area contributed by atoms with Gasteiger partial charge in [-0.3, -0.25) is 9.10 Å². The van der Waals surface area contributed by atoms with Crippen molar-refractivity contribution in [3.05, 3.63) is 23.2 Å². The van der Waals surface area contributed by atoms with E-state index in [1.54, 1.807) is 12.1 Å². The minimum atomic E-state index is -3.69. The van der Waals surface area contributed by atoms with Gasteiger partial charge in [0.05, 0.1) is 19.1 Å². The van der Waals surface area contributed by atoms with Crippen LogP contribution in [-0.2, 0) is 14.8 Å². The predicted octanol–water partition coefficient (Wildman–Crippen LogP) is 1.32. The van der Waals surface area contributed by atoms with Gasteiger partial charge < -0.3 is 15.0 Å². The predicted molar refractivity (Wildman–Crippen MR) is 98.9 cm³/mol. The second-order valence-corrected chi connectivity index (χ2v) is 8.57. The highest BCUT2D eigenvalue weighted by Crippen LogP contribution is 2.32. The Kier molecular flexibility index (Phi) is 6.53. The van der Waals surface area contributed by atoms with Crippen LogP contribution >= 0.6 is 11.6 Å². The molecular weight excluding hydrogens is 366 g/mol. The van der Waals surface area contributed by atoms with Crippen molar-refractivity contribution >= 4 is 33.2 Å². The molecule has 1 N–H and O–H groups in total. The second-order valence-electron chi connectivity index (χ2n) is 6.23. The van der Waals surface area contributed by atoms with Crippen molar-refractivity contribution in [2.24, 2.45) is 0 Å². The summed E-state index contributed by atoms with van der Waals surface area (Å²) >= 11 is 5.99. The summed E-state index contributed by atoms with van der Waals surface area (Å²) in [5, 5.41) is 3.28. The largest absolute Gasteiger partial charge is 0.495 e. The molecule has 1 aromatic rings. The van der Waals surface area contributed by atoms with Crippen LogP contribution in [0.2, 0.25) is 5.02 Å². The summed E-state index contributed by atoms with van der Waals surface area (Å²) in [4.78, 5) is 14.6. The van der Waals surface area contributed by atoms with E-state index in [1.807, 2.05) is 7.05 Å². The molecule has 9 heteroatoms. The van der Waals surface area contributed by atoms with Gasteiger partial charge in [-0.05, 0) is 51.2 Å². The molecular formula is C16H24ClN3O4S. The molecule has 1 saturated heterocycles. The Morgan fingerprint density at radius 1 is 1.40 bits per heavy atom. The molecule has 1 fully saturated rings. The minimum Gasteiger partial charge on any atom is -0.495 e. The number of rotatable bonds is 6. The van der Waals surface area contributed by atoms with Gasteiger partial charge in [0, 0.05) is 11.1 Å². The van der Waals surface area contributed by atoms with Gasteiger partial charge in [-0.15, -0.1) is 0 Å². The molecule has 1 aromatic carbocycles. The van der Waals surface area contributed by atoms with Gasteiger partial charge in [0.25, 0.3) is 0 Å². The number of piperidine rings is 1. The molecule has 1 aliphatic rings. The van der Waals surface area contributed by atoms with Crippen molar-refractivity contribution < 1.29 is 17.9 Å². The number of hydrogen-bond acceptors (Lipinski definition) is 5. The maximum Gasteiger partial charge on any atom is 0.241 e. The van der Waals surface area contributed by atoms with Crippen molar-refractivity contribution in [1.82, 2.24) is 10.2 Å².